The van der Waals surface area contributed by atoms with E-state index >= 15 is 0 Å². The van der Waals surface area contributed by atoms with Crippen molar-refractivity contribution < 1.29 is 14.6 Å². The normalized spacial score (nSPS) is 28.7. The highest BCUT2D eigenvalue weighted by molar-refractivity contribution is 7.99. The van der Waals surface area contributed by atoms with Gasteiger partial charge < -0.3 is 14.7 Å². The molecule has 5 heteroatoms. The second-order valence-electron chi connectivity index (χ2n) is 5.84. The lowest BCUT2D eigenvalue weighted by molar-refractivity contribution is -0.135. The van der Waals surface area contributed by atoms with Crippen molar-refractivity contribution >= 4 is 23.4 Å². The molecule has 21 heavy (non-hydrogen) atoms. The van der Waals surface area contributed by atoms with E-state index in [2.05, 4.69) is 0 Å². The van der Waals surface area contributed by atoms with Crippen molar-refractivity contribution in [2.24, 2.45) is 0 Å². The van der Waals surface area contributed by atoms with Crippen LogP contribution in [0, 0.1) is 0 Å². The molecular weight excluding hydrogens is 286 g/mol. The van der Waals surface area contributed by atoms with E-state index in [1.807, 2.05) is 47.0 Å². The van der Waals surface area contributed by atoms with Gasteiger partial charge in [0.1, 0.15) is 6.54 Å². The fourth-order valence-corrected chi connectivity index (χ4v) is 4.71. The van der Waals surface area contributed by atoms with E-state index < -0.39 is 5.97 Å². The van der Waals surface area contributed by atoms with Crippen molar-refractivity contribution in [3.05, 3.63) is 30.3 Å². The average molecular weight is 307 g/mol. The number of carboxylic acid groups (broad SMARTS) is 1. The number of anilines is 1. The number of hydrogen-bond donors (Lipinski definition) is 1. The number of aliphatic carboxylic acids is 1. The molecule has 0 bridgehead atoms. The third kappa shape index (κ3) is 3.35. The lowest BCUT2D eigenvalue weighted by Crippen LogP contribution is -2.50. The SMILES string of the molecule is O=C(O)CN(c1ccccc1)C1CCOC2(CCSC2)C1. The smallest absolute Gasteiger partial charge is 0.323 e. The first-order valence-corrected chi connectivity index (χ1v) is 8.59. The van der Waals surface area contributed by atoms with Gasteiger partial charge >= 0.3 is 5.97 Å². The molecule has 2 unspecified atom stereocenters. The number of thioether (sulfide) groups is 1. The summed E-state index contributed by atoms with van der Waals surface area (Å²) in [5, 5.41) is 9.26. The first-order valence-electron chi connectivity index (χ1n) is 7.44. The highest BCUT2D eigenvalue weighted by Gasteiger charge is 2.42. The van der Waals surface area contributed by atoms with Gasteiger partial charge in [-0.3, -0.25) is 4.79 Å². The van der Waals surface area contributed by atoms with Crippen LogP contribution in [-0.4, -0.2) is 47.4 Å². The fraction of sp³-hybridized carbons (Fsp3) is 0.562. The monoisotopic (exact) mass is 307 g/mol. The van der Waals surface area contributed by atoms with Crippen LogP contribution in [0.3, 0.4) is 0 Å². The number of hydrogen-bond acceptors (Lipinski definition) is 4. The predicted molar refractivity (Wildman–Crippen MR) is 85.1 cm³/mol. The molecule has 2 heterocycles. The molecule has 1 aromatic carbocycles. The molecule has 0 radical (unpaired) electrons. The maximum Gasteiger partial charge on any atom is 0.323 e. The zero-order valence-corrected chi connectivity index (χ0v) is 12.8. The van der Waals surface area contributed by atoms with Crippen LogP contribution >= 0.6 is 11.8 Å². The molecule has 1 spiro atoms. The molecule has 0 amide bonds. The standard InChI is InChI=1S/C16H21NO3S/c18-15(19)11-17(13-4-2-1-3-5-13)14-6-8-20-16(10-14)7-9-21-12-16/h1-5,14H,6-12H2,(H,18,19). The molecule has 1 N–H and O–H groups in total. The van der Waals surface area contributed by atoms with Crippen molar-refractivity contribution in [2.45, 2.75) is 30.9 Å². The Hall–Kier alpha value is -1.20. The number of nitrogens with zero attached hydrogens (tertiary/aromatic N) is 1. The molecule has 114 valence electrons. The predicted octanol–water partition coefficient (Wildman–Crippen LogP) is 2.63. The summed E-state index contributed by atoms with van der Waals surface area (Å²) in [4.78, 5) is 13.3. The highest BCUT2D eigenvalue weighted by atomic mass is 32.2. The summed E-state index contributed by atoms with van der Waals surface area (Å²) in [7, 11) is 0. The number of carboxylic acids is 1. The van der Waals surface area contributed by atoms with Gasteiger partial charge in [-0.15, -0.1) is 0 Å². The van der Waals surface area contributed by atoms with Gasteiger partial charge in [0, 0.05) is 24.1 Å². The molecule has 1 aromatic rings. The molecule has 0 saturated carbocycles. The second-order valence-corrected chi connectivity index (χ2v) is 6.94. The Morgan fingerprint density at radius 2 is 2.24 bits per heavy atom. The first kappa shape index (κ1) is 14.7. The van der Waals surface area contributed by atoms with E-state index in [0.29, 0.717) is 0 Å². The molecule has 2 saturated heterocycles. The number of ether oxygens (including phenoxy) is 1. The average Bonchev–Trinajstić information content (AvgIpc) is 2.93. The van der Waals surface area contributed by atoms with Gasteiger partial charge in [-0.05, 0) is 37.1 Å². The zero-order chi connectivity index (χ0) is 14.7. The van der Waals surface area contributed by atoms with Crippen molar-refractivity contribution in [3.63, 3.8) is 0 Å². The second kappa shape index (κ2) is 6.28. The van der Waals surface area contributed by atoms with Crippen LogP contribution in [0.2, 0.25) is 0 Å². The van der Waals surface area contributed by atoms with Gasteiger partial charge in [0.2, 0.25) is 0 Å². The van der Waals surface area contributed by atoms with Crippen LogP contribution in [0.4, 0.5) is 5.69 Å². The number of benzene rings is 1. The van der Waals surface area contributed by atoms with Crippen molar-refractivity contribution in [3.8, 4) is 0 Å². The summed E-state index contributed by atoms with van der Waals surface area (Å²) in [6.45, 7) is 0.784. The molecule has 2 aliphatic rings. The van der Waals surface area contributed by atoms with Gasteiger partial charge in [0.05, 0.1) is 5.60 Å². The van der Waals surface area contributed by atoms with Gasteiger partial charge in [-0.25, -0.2) is 0 Å². The number of rotatable bonds is 4. The van der Waals surface area contributed by atoms with E-state index in [9.17, 15) is 9.90 Å². The molecule has 0 aliphatic carbocycles. The quantitative estimate of drug-likeness (QED) is 0.926. The Labute approximate surface area is 129 Å². The molecule has 2 fully saturated rings. The summed E-state index contributed by atoms with van der Waals surface area (Å²) in [6, 6.07) is 10.1. The van der Waals surface area contributed by atoms with Gasteiger partial charge in [0.25, 0.3) is 0 Å². The molecule has 0 aromatic heterocycles. The van der Waals surface area contributed by atoms with Crippen LogP contribution in [0.15, 0.2) is 30.3 Å². The minimum atomic E-state index is -0.778. The van der Waals surface area contributed by atoms with E-state index in [1.54, 1.807) is 0 Å². The van der Waals surface area contributed by atoms with E-state index in [1.165, 1.54) is 0 Å². The summed E-state index contributed by atoms with van der Waals surface area (Å²) in [5.41, 5.74) is 0.964. The molecular formula is C16H21NO3S. The molecule has 2 aliphatic heterocycles. The molecule has 3 rings (SSSR count). The summed E-state index contributed by atoms with van der Waals surface area (Å²) in [6.07, 6.45) is 2.92. The maximum atomic E-state index is 11.3. The van der Waals surface area contributed by atoms with Crippen LogP contribution in [-0.2, 0) is 9.53 Å². The van der Waals surface area contributed by atoms with Crippen LogP contribution in [0.1, 0.15) is 19.3 Å². The Morgan fingerprint density at radius 1 is 1.43 bits per heavy atom. The largest absolute Gasteiger partial charge is 0.480 e. The van der Waals surface area contributed by atoms with E-state index in [4.69, 9.17) is 4.74 Å². The van der Waals surface area contributed by atoms with E-state index in [-0.39, 0.29) is 18.2 Å². The Kier molecular flexibility index (Phi) is 4.40. The Balaban J connectivity index is 1.80. The Bertz CT molecular complexity index is 488. The third-order valence-corrected chi connectivity index (χ3v) is 5.59. The topological polar surface area (TPSA) is 49.8 Å². The lowest BCUT2D eigenvalue weighted by Gasteiger charge is -2.43. The number of para-hydroxylation sites is 1. The van der Waals surface area contributed by atoms with Crippen molar-refractivity contribution in [1.29, 1.82) is 0 Å². The van der Waals surface area contributed by atoms with Gasteiger partial charge in [-0.2, -0.15) is 11.8 Å². The fourth-order valence-electron chi connectivity index (χ4n) is 3.33. The molecule has 2 atom stereocenters. The minimum Gasteiger partial charge on any atom is -0.480 e. The van der Waals surface area contributed by atoms with Crippen LogP contribution in [0.5, 0.6) is 0 Å². The number of carbonyl (C=O) groups is 1. The zero-order valence-electron chi connectivity index (χ0n) is 12.0. The van der Waals surface area contributed by atoms with Crippen molar-refractivity contribution in [1.82, 2.24) is 0 Å². The first-order chi connectivity index (χ1) is 10.2. The summed E-state index contributed by atoms with van der Waals surface area (Å²) in [5.74, 6) is 1.41. The van der Waals surface area contributed by atoms with Crippen LogP contribution < -0.4 is 4.90 Å². The molecule has 4 nitrogen and oxygen atoms in total. The summed E-state index contributed by atoms with van der Waals surface area (Å²) < 4.78 is 6.05. The van der Waals surface area contributed by atoms with Crippen LogP contribution in [0.25, 0.3) is 0 Å². The van der Waals surface area contributed by atoms with Crippen molar-refractivity contribution in [2.75, 3.05) is 29.6 Å². The van der Waals surface area contributed by atoms with E-state index in [0.717, 1.165) is 43.1 Å². The van der Waals surface area contributed by atoms with Gasteiger partial charge in [-0.1, -0.05) is 18.2 Å². The minimum absolute atomic E-state index is 0.0287. The van der Waals surface area contributed by atoms with Gasteiger partial charge in [0.15, 0.2) is 0 Å². The highest BCUT2D eigenvalue weighted by Crippen LogP contribution is 2.40. The summed E-state index contributed by atoms with van der Waals surface area (Å²) >= 11 is 1.94. The maximum absolute atomic E-state index is 11.3. The third-order valence-electron chi connectivity index (χ3n) is 4.37. The Morgan fingerprint density at radius 3 is 2.90 bits per heavy atom. The lowest BCUT2D eigenvalue weighted by atomic mass is 9.88.